The van der Waals surface area contributed by atoms with Gasteiger partial charge in [0.15, 0.2) is 29.2 Å². The molecule has 0 aromatic heterocycles. The van der Waals surface area contributed by atoms with E-state index in [0.29, 0.717) is 56.5 Å². The van der Waals surface area contributed by atoms with Crippen molar-refractivity contribution in [2.45, 2.75) is 32.7 Å². The first-order valence-electron chi connectivity index (χ1n) is 14.2. The molecule has 15 heteroatoms. The minimum Gasteiger partial charge on any atom is -0.493 e. The van der Waals surface area contributed by atoms with E-state index in [1.54, 1.807) is 50.4 Å². The molecule has 1 aliphatic heterocycles. The molecule has 4 N–H and O–H groups in total. The molecule has 3 aromatic rings. The van der Waals surface area contributed by atoms with Gasteiger partial charge < -0.3 is 39.4 Å². The van der Waals surface area contributed by atoms with Gasteiger partial charge in [0, 0.05) is 5.70 Å². The van der Waals surface area contributed by atoms with Crippen molar-refractivity contribution in [3.8, 4) is 23.0 Å². The molecule has 2 atom stereocenters. The Balaban J connectivity index is 1.39. The number of ether oxygens (including phenoxy) is 5. The summed E-state index contributed by atoms with van der Waals surface area (Å²) in [7, 11) is 2.81. The van der Waals surface area contributed by atoms with E-state index in [1.165, 1.54) is 13.3 Å². The van der Waals surface area contributed by atoms with Gasteiger partial charge in [-0.25, -0.2) is 9.59 Å². The number of carbonyl (C=O) groups is 2. The standard InChI is InChI=1S/C32H33Cl2IN4O8/c1-5-45-25-13-20(29-28(31(41)44-4)17(2)37-32(42)38-29)7-9-24(25)46-16-27(40)39-36-14-19-11-23(35)30(26(12-19)43-3)47-15-18-6-8-21(33)22(34)10-18/h6-14,27,29,39-40H,5,15-16H2,1-4H3,(H2,37,38,42)/b36-14-/t27-,29-/m1/s1. The van der Waals surface area contributed by atoms with Crippen LogP contribution >= 0.6 is 45.8 Å². The van der Waals surface area contributed by atoms with Crippen LogP contribution in [-0.4, -0.2) is 57.0 Å². The summed E-state index contributed by atoms with van der Waals surface area (Å²) in [5.41, 5.74) is 5.40. The second-order valence-electron chi connectivity index (χ2n) is 9.99. The van der Waals surface area contributed by atoms with Crippen molar-refractivity contribution in [1.29, 1.82) is 0 Å². The number of aliphatic hydroxyl groups excluding tert-OH is 1. The SMILES string of the molecule is CCOc1cc([C@H]2NC(=O)NC(C)=C2C(=O)OC)ccc1OC[C@@H](O)N/N=C\c1cc(I)c(OCc2ccc(Cl)c(Cl)c2)c(OC)c1. The number of allylic oxidation sites excluding steroid dienone is 1. The Bertz CT molecular complexity index is 1690. The summed E-state index contributed by atoms with van der Waals surface area (Å²) >= 11 is 14.3. The van der Waals surface area contributed by atoms with Crippen molar-refractivity contribution in [1.82, 2.24) is 16.1 Å². The summed E-state index contributed by atoms with van der Waals surface area (Å²) in [5, 5.41) is 20.9. The quantitative estimate of drug-likeness (QED) is 0.0530. The Labute approximate surface area is 295 Å². The highest BCUT2D eigenvalue weighted by Gasteiger charge is 2.32. The molecule has 2 amide bonds. The zero-order valence-corrected chi connectivity index (χ0v) is 29.5. The van der Waals surface area contributed by atoms with Crippen molar-refractivity contribution in [2.75, 3.05) is 27.4 Å². The number of urea groups is 1. The summed E-state index contributed by atoms with van der Waals surface area (Å²) in [5.74, 6) is 1.19. The molecular weight excluding hydrogens is 766 g/mol. The normalized spacial score (nSPS) is 15.1. The van der Waals surface area contributed by atoms with Gasteiger partial charge in [0.05, 0.1) is 52.3 Å². The van der Waals surface area contributed by atoms with Crippen molar-refractivity contribution >= 4 is 64.0 Å². The number of benzene rings is 3. The number of carbonyl (C=O) groups excluding carboxylic acids is 2. The van der Waals surface area contributed by atoms with Crippen LogP contribution in [0.2, 0.25) is 10.0 Å². The molecule has 0 saturated carbocycles. The number of nitrogens with one attached hydrogen (secondary N) is 3. The molecular formula is C32H33Cl2IN4O8. The maximum atomic E-state index is 12.5. The minimum atomic E-state index is -1.17. The fourth-order valence-electron chi connectivity index (χ4n) is 4.56. The molecule has 3 aromatic carbocycles. The van der Waals surface area contributed by atoms with Gasteiger partial charge in [-0.3, -0.25) is 5.43 Å². The third-order valence-electron chi connectivity index (χ3n) is 6.73. The van der Waals surface area contributed by atoms with Gasteiger partial charge in [0.2, 0.25) is 0 Å². The van der Waals surface area contributed by atoms with Crippen LogP contribution in [0.25, 0.3) is 0 Å². The Hall–Kier alpha value is -3.92. The first-order chi connectivity index (χ1) is 22.5. The molecule has 4 rings (SSSR count). The zero-order valence-electron chi connectivity index (χ0n) is 25.9. The van der Waals surface area contributed by atoms with Gasteiger partial charge in [0.25, 0.3) is 0 Å². The van der Waals surface area contributed by atoms with Gasteiger partial charge in [0.1, 0.15) is 13.2 Å². The molecule has 1 aliphatic rings. The predicted molar refractivity (Wildman–Crippen MR) is 185 cm³/mol. The first kappa shape index (κ1) is 35.9. The van der Waals surface area contributed by atoms with E-state index in [1.807, 2.05) is 19.1 Å². The number of esters is 1. The predicted octanol–water partition coefficient (Wildman–Crippen LogP) is 5.71. The van der Waals surface area contributed by atoms with Gasteiger partial charge in [-0.1, -0.05) is 35.3 Å². The molecule has 0 saturated heterocycles. The van der Waals surface area contributed by atoms with Crippen LogP contribution in [0.5, 0.6) is 23.0 Å². The Morgan fingerprint density at radius 3 is 2.55 bits per heavy atom. The summed E-state index contributed by atoms with van der Waals surface area (Å²) in [6.45, 7) is 3.84. The van der Waals surface area contributed by atoms with Crippen molar-refractivity contribution in [3.05, 3.63) is 90.1 Å². The fraction of sp³-hybridized carbons (Fsp3) is 0.281. The maximum absolute atomic E-state index is 12.5. The Morgan fingerprint density at radius 1 is 1.06 bits per heavy atom. The van der Waals surface area contributed by atoms with E-state index < -0.39 is 24.3 Å². The number of hydrogen-bond acceptors (Lipinski definition) is 10. The average Bonchev–Trinajstić information content (AvgIpc) is 3.04. The largest absolute Gasteiger partial charge is 0.493 e. The highest BCUT2D eigenvalue weighted by atomic mass is 127. The van der Waals surface area contributed by atoms with E-state index in [9.17, 15) is 14.7 Å². The van der Waals surface area contributed by atoms with E-state index in [4.69, 9.17) is 46.9 Å². The number of nitrogens with zero attached hydrogens (tertiary/aromatic N) is 1. The van der Waals surface area contributed by atoms with Gasteiger partial charge in [-0.2, -0.15) is 5.10 Å². The maximum Gasteiger partial charge on any atom is 0.337 e. The van der Waals surface area contributed by atoms with Gasteiger partial charge >= 0.3 is 12.0 Å². The van der Waals surface area contributed by atoms with Crippen LogP contribution in [0.3, 0.4) is 0 Å². The molecule has 0 aliphatic carbocycles. The van der Waals surface area contributed by atoms with Crippen molar-refractivity contribution < 1.29 is 38.4 Å². The van der Waals surface area contributed by atoms with E-state index in [2.05, 4.69) is 43.8 Å². The second kappa shape index (κ2) is 16.8. The minimum absolute atomic E-state index is 0.171. The van der Waals surface area contributed by atoms with Crippen molar-refractivity contribution in [2.24, 2.45) is 5.10 Å². The molecule has 12 nitrogen and oxygen atoms in total. The summed E-state index contributed by atoms with van der Waals surface area (Å²) in [4.78, 5) is 24.6. The number of halogens is 3. The van der Waals surface area contributed by atoms with Crippen LogP contribution in [0.1, 0.15) is 36.6 Å². The summed E-state index contributed by atoms with van der Waals surface area (Å²) in [6.07, 6.45) is 0.356. The molecule has 1 heterocycles. The number of rotatable bonds is 14. The topological polar surface area (TPSA) is 149 Å². The van der Waals surface area contributed by atoms with Crippen LogP contribution in [-0.2, 0) is 16.1 Å². The zero-order chi connectivity index (χ0) is 34.1. The third-order valence-corrected chi connectivity index (χ3v) is 8.27. The van der Waals surface area contributed by atoms with E-state index in [0.717, 1.165) is 9.13 Å². The smallest absolute Gasteiger partial charge is 0.337 e. The van der Waals surface area contributed by atoms with Crippen LogP contribution < -0.4 is 35.0 Å². The molecule has 0 radical (unpaired) electrons. The number of hydrazone groups is 1. The molecule has 0 fully saturated rings. The number of methoxy groups -OCH3 is 2. The molecule has 0 bridgehead atoms. The Kier molecular flexibility index (Phi) is 12.8. The van der Waals surface area contributed by atoms with Crippen LogP contribution in [0.4, 0.5) is 4.79 Å². The lowest BCUT2D eigenvalue weighted by atomic mass is 9.95. The van der Waals surface area contributed by atoms with Crippen LogP contribution in [0, 0.1) is 3.57 Å². The monoisotopic (exact) mass is 798 g/mol. The van der Waals surface area contributed by atoms with Crippen LogP contribution in [0.15, 0.2) is 64.9 Å². The number of aliphatic hydroxyl groups is 1. The lowest BCUT2D eigenvalue weighted by molar-refractivity contribution is -0.136. The summed E-state index contributed by atoms with van der Waals surface area (Å²) in [6, 6.07) is 12.7. The highest BCUT2D eigenvalue weighted by Crippen LogP contribution is 2.36. The molecule has 250 valence electrons. The van der Waals surface area contributed by atoms with Gasteiger partial charge in [-0.05, 0) is 89.5 Å². The number of amides is 2. The lowest BCUT2D eigenvalue weighted by Gasteiger charge is -2.28. The summed E-state index contributed by atoms with van der Waals surface area (Å²) < 4.78 is 28.8. The third kappa shape index (κ3) is 9.34. The van der Waals surface area contributed by atoms with Crippen molar-refractivity contribution in [3.63, 3.8) is 0 Å². The molecule has 47 heavy (non-hydrogen) atoms. The second-order valence-corrected chi connectivity index (χ2v) is 12.0. The average molecular weight is 799 g/mol. The first-order valence-corrected chi connectivity index (χ1v) is 16.0. The van der Waals surface area contributed by atoms with Gasteiger partial charge in [-0.15, -0.1) is 0 Å². The molecule has 0 spiro atoms. The molecule has 0 unspecified atom stereocenters. The highest BCUT2D eigenvalue weighted by molar-refractivity contribution is 14.1. The Morgan fingerprint density at radius 2 is 1.85 bits per heavy atom. The lowest BCUT2D eigenvalue weighted by Crippen LogP contribution is -2.45. The van der Waals surface area contributed by atoms with E-state index in [-0.39, 0.29) is 18.8 Å². The fourth-order valence-corrected chi connectivity index (χ4v) is 5.66. The van der Waals surface area contributed by atoms with E-state index >= 15 is 0 Å². The number of hydrogen-bond donors (Lipinski definition) is 4.